The molecule has 2 unspecified atom stereocenters. The van der Waals surface area contributed by atoms with Crippen molar-refractivity contribution in [3.63, 3.8) is 0 Å². The lowest BCUT2D eigenvalue weighted by molar-refractivity contribution is -0.147. The summed E-state index contributed by atoms with van der Waals surface area (Å²) in [5.41, 5.74) is -0.398. The molecule has 0 aromatic rings. The Kier molecular flexibility index (Phi) is 4.34. The number of nitrogens with zero attached hydrogens (tertiary/aromatic N) is 1. The van der Waals surface area contributed by atoms with Gasteiger partial charge in [-0.2, -0.15) is 0 Å². The van der Waals surface area contributed by atoms with Gasteiger partial charge in [0.25, 0.3) is 0 Å². The molecule has 3 fully saturated rings. The van der Waals surface area contributed by atoms with E-state index in [4.69, 9.17) is 0 Å². The fourth-order valence-corrected chi connectivity index (χ4v) is 4.69. The number of rotatable bonds is 2. The molecule has 21 heavy (non-hydrogen) atoms. The van der Waals surface area contributed by atoms with E-state index in [1.165, 1.54) is 12.8 Å². The van der Waals surface area contributed by atoms with Crippen molar-refractivity contribution in [2.45, 2.75) is 76.7 Å². The van der Waals surface area contributed by atoms with Crippen LogP contribution in [0.4, 0.5) is 0 Å². The molecule has 2 amide bonds. The Morgan fingerprint density at radius 3 is 2.33 bits per heavy atom. The maximum atomic E-state index is 13.0. The maximum absolute atomic E-state index is 13.0. The van der Waals surface area contributed by atoms with Crippen LogP contribution in [0.1, 0.15) is 70.6 Å². The topological polar surface area (TPSA) is 57.6 Å². The Hall–Kier alpha value is -0.900. The summed E-state index contributed by atoms with van der Waals surface area (Å²) in [5, 5.41) is 9.59. The third-order valence-corrected chi connectivity index (χ3v) is 5.93. The van der Waals surface area contributed by atoms with E-state index in [-0.39, 0.29) is 30.4 Å². The van der Waals surface area contributed by atoms with Gasteiger partial charge in [-0.25, -0.2) is 0 Å². The number of hydrogen-bond donors (Lipinski definition) is 1. The van der Waals surface area contributed by atoms with E-state index in [2.05, 4.69) is 0 Å². The van der Waals surface area contributed by atoms with Gasteiger partial charge >= 0.3 is 0 Å². The highest BCUT2D eigenvalue weighted by Crippen LogP contribution is 2.46. The zero-order valence-corrected chi connectivity index (χ0v) is 12.9. The standard InChI is InChI=1S/C17H27NO3/c19-12-13-7-3-4-8-14(13)18-15(20)11-17(16(18)21)9-5-1-2-6-10-17/h13-14,19H,1-12H2. The van der Waals surface area contributed by atoms with Crippen LogP contribution in [-0.2, 0) is 9.59 Å². The molecule has 3 rings (SSSR count). The summed E-state index contributed by atoms with van der Waals surface area (Å²) in [6.07, 6.45) is 10.7. The number of amides is 2. The third-order valence-electron chi connectivity index (χ3n) is 5.93. The van der Waals surface area contributed by atoms with Crippen molar-refractivity contribution in [2.75, 3.05) is 6.61 Å². The highest BCUT2D eigenvalue weighted by molar-refractivity contribution is 6.06. The summed E-state index contributed by atoms with van der Waals surface area (Å²) in [5.74, 6) is 0.194. The highest BCUT2D eigenvalue weighted by Gasteiger charge is 2.53. The summed E-state index contributed by atoms with van der Waals surface area (Å²) in [6, 6.07) is -0.0496. The van der Waals surface area contributed by atoms with Gasteiger partial charge in [-0.05, 0) is 25.7 Å². The van der Waals surface area contributed by atoms with E-state index in [0.717, 1.165) is 51.4 Å². The Bertz CT molecular complexity index is 412. The average Bonchev–Trinajstić information content (AvgIpc) is 2.66. The Morgan fingerprint density at radius 1 is 1.00 bits per heavy atom. The van der Waals surface area contributed by atoms with E-state index in [0.29, 0.717) is 6.42 Å². The number of aliphatic hydroxyl groups excluding tert-OH is 1. The number of carbonyl (C=O) groups is 2. The SMILES string of the molecule is O=C1CC2(CCCCCC2)C(=O)N1C1CCCCC1CO. The number of aliphatic hydroxyl groups is 1. The minimum absolute atomic E-state index is 0.0206. The van der Waals surface area contributed by atoms with Gasteiger partial charge in [0.1, 0.15) is 0 Å². The largest absolute Gasteiger partial charge is 0.396 e. The predicted octanol–water partition coefficient (Wildman–Crippen LogP) is 2.64. The normalized spacial score (nSPS) is 33.5. The zero-order chi connectivity index (χ0) is 14.9. The molecule has 0 aromatic heterocycles. The molecule has 1 spiro atoms. The lowest BCUT2D eigenvalue weighted by Crippen LogP contribution is -2.48. The molecule has 1 heterocycles. The molecule has 0 aromatic carbocycles. The molecule has 3 aliphatic rings. The molecule has 0 bridgehead atoms. The molecule has 2 aliphatic carbocycles. The first-order valence-electron chi connectivity index (χ1n) is 8.65. The van der Waals surface area contributed by atoms with Gasteiger partial charge in [-0.3, -0.25) is 14.5 Å². The second kappa shape index (κ2) is 6.07. The summed E-state index contributed by atoms with van der Waals surface area (Å²) < 4.78 is 0. The van der Waals surface area contributed by atoms with Gasteiger partial charge in [0.05, 0.1) is 5.41 Å². The molecule has 2 atom stereocenters. The molecule has 1 N–H and O–H groups in total. The van der Waals surface area contributed by atoms with Crippen molar-refractivity contribution in [3.8, 4) is 0 Å². The van der Waals surface area contributed by atoms with Crippen LogP contribution in [-0.4, -0.2) is 34.5 Å². The minimum atomic E-state index is -0.398. The summed E-state index contributed by atoms with van der Waals surface area (Å²) in [7, 11) is 0. The van der Waals surface area contributed by atoms with Crippen LogP contribution in [0.5, 0.6) is 0 Å². The van der Waals surface area contributed by atoms with Crippen LogP contribution in [0.15, 0.2) is 0 Å². The van der Waals surface area contributed by atoms with Gasteiger partial charge in [0, 0.05) is 25.0 Å². The van der Waals surface area contributed by atoms with Crippen LogP contribution < -0.4 is 0 Å². The number of carbonyl (C=O) groups excluding carboxylic acids is 2. The second-order valence-corrected chi connectivity index (χ2v) is 7.23. The summed E-state index contributed by atoms with van der Waals surface area (Å²) in [6.45, 7) is 0.0920. The number of likely N-dealkylation sites (tertiary alicyclic amines) is 1. The van der Waals surface area contributed by atoms with Crippen molar-refractivity contribution in [1.82, 2.24) is 4.90 Å². The first kappa shape index (κ1) is 15.0. The van der Waals surface area contributed by atoms with Crippen LogP contribution in [0.3, 0.4) is 0 Å². The molecule has 1 saturated heterocycles. The molecule has 4 nitrogen and oxygen atoms in total. The lowest BCUT2D eigenvalue weighted by atomic mass is 9.78. The number of imide groups is 1. The Morgan fingerprint density at radius 2 is 1.67 bits per heavy atom. The van der Waals surface area contributed by atoms with E-state index < -0.39 is 5.41 Å². The maximum Gasteiger partial charge on any atom is 0.236 e. The van der Waals surface area contributed by atoms with E-state index in [1.807, 2.05) is 0 Å². The predicted molar refractivity (Wildman–Crippen MR) is 79.4 cm³/mol. The number of hydrogen-bond acceptors (Lipinski definition) is 3. The van der Waals surface area contributed by atoms with Crippen molar-refractivity contribution < 1.29 is 14.7 Å². The first-order valence-corrected chi connectivity index (χ1v) is 8.65. The van der Waals surface area contributed by atoms with Gasteiger partial charge in [0.2, 0.25) is 11.8 Å². The van der Waals surface area contributed by atoms with Crippen molar-refractivity contribution in [3.05, 3.63) is 0 Å². The van der Waals surface area contributed by atoms with Gasteiger partial charge in [0.15, 0.2) is 0 Å². The fraction of sp³-hybridized carbons (Fsp3) is 0.882. The van der Waals surface area contributed by atoms with E-state index in [1.54, 1.807) is 4.90 Å². The van der Waals surface area contributed by atoms with Crippen LogP contribution in [0.2, 0.25) is 0 Å². The minimum Gasteiger partial charge on any atom is -0.396 e. The van der Waals surface area contributed by atoms with Crippen LogP contribution in [0, 0.1) is 11.3 Å². The van der Waals surface area contributed by atoms with Gasteiger partial charge in [-0.15, -0.1) is 0 Å². The zero-order valence-electron chi connectivity index (χ0n) is 12.9. The van der Waals surface area contributed by atoms with E-state index in [9.17, 15) is 14.7 Å². The molecule has 118 valence electrons. The highest BCUT2D eigenvalue weighted by atomic mass is 16.3. The summed E-state index contributed by atoms with van der Waals surface area (Å²) >= 11 is 0. The molecule has 2 saturated carbocycles. The quantitative estimate of drug-likeness (QED) is 0.796. The molecular weight excluding hydrogens is 266 g/mol. The second-order valence-electron chi connectivity index (χ2n) is 7.23. The molecular formula is C17H27NO3. The Balaban J connectivity index is 1.82. The average molecular weight is 293 g/mol. The lowest BCUT2D eigenvalue weighted by Gasteiger charge is -2.37. The third kappa shape index (κ3) is 2.63. The van der Waals surface area contributed by atoms with Crippen LogP contribution in [0.25, 0.3) is 0 Å². The Labute approximate surface area is 126 Å². The van der Waals surface area contributed by atoms with Crippen molar-refractivity contribution in [2.24, 2.45) is 11.3 Å². The monoisotopic (exact) mass is 293 g/mol. The van der Waals surface area contributed by atoms with Crippen LogP contribution >= 0.6 is 0 Å². The van der Waals surface area contributed by atoms with Crippen molar-refractivity contribution >= 4 is 11.8 Å². The smallest absolute Gasteiger partial charge is 0.236 e. The van der Waals surface area contributed by atoms with Gasteiger partial charge < -0.3 is 5.11 Å². The molecule has 4 heteroatoms. The van der Waals surface area contributed by atoms with Gasteiger partial charge in [-0.1, -0.05) is 38.5 Å². The van der Waals surface area contributed by atoms with E-state index >= 15 is 0 Å². The molecule has 1 aliphatic heterocycles. The van der Waals surface area contributed by atoms with Crippen molar-refractivity contribution in [1.29, 1.82) is 0 Å². The first-order chi connectivity index (χ1) is 10.2. The fourth-order valence-electron chi connectivity index (χ4n) is 4.69. The molecule has 0 radical (unpaired) electrons. The summed E-state index contributed by atoms with van der Waals surface area (Å²) in [4.78, 5) is 27.2.